The highest BCUT2D eigenvalue weighted by molar-refractivity contribution is 9.10. The van der Waals surface area contributed by atoms with Gasteiger partial charge in [0.1, 0.15) is 23.9 Å². The van der Waals surface area contributed by atoms with Gasteiger partial charge >= 0.3 is 0 Å². The van der Waals surface area contributed by atoms with E-state index in [0.717, 1.165) is 45.9 Å². The number of benzene rings is 2. The fraction of sp³-hybridized carbons (Fsp3) is 0.316. The topological polar surface area (TPSA) is 48.0 Å². The molecule has 132 valence electrons. The average Bonchev–Trinajstić information content (AvgIpc) is 3.06. The number of halogens is 1. The molecule has 3 rings (SSSR count). The zero-order valence-electron chi connectivity index (χ0n) is 14.3. The Balaban J connectivity index is 1.70. The second-order valence-corrected chi connectivity index (χ2v) is 6.58. The minimum atomic E-state index is 0.181. The molecule has 0 aromatic heterocycles. The van der Waals surface area contributed by atoms with Crippen molar-refractivity contribution in [1.29, 1.82) is 0 Å². The van der Waals surface area contributed by atoms with E-state index < -0.39 is 0 Å². The van der Waals surface area contributed by atoms with Gasteiger partial charge in [-0.05, 0) is 58.7 Å². The number of carbonyl (C=O) groups excluding carboxylic acids is 1. The number of rotatable bonds is 6. The maximum Gasteiger partial charge on any atom is 0.227 e. The molecule has 0 spiro atoms. The molecule has 0 radical (unpaired) electrons. The van der Waals surface area contributed by atoms with Crippen LogP contribution in [0.15, 0.2) is 40.9 Å². The molecule has 2 aromatic rings. The predicted molar refractivity (Wildman–Crippen MR) is 99.6 cm³/mol. The van der Waals surface area contributed by atoms with Crippen molar-refractivity contribution in [2.24, 2.45) is 0 Å². The molecular weight excluding hydrogens is 386 g/mol. The van der Waals surface area contributed by atoms with E-state index in [9.17, 15) is 4.79 Å². The van der Waals surface area contributed by atoms with Gasteiger partial charge in [-0.2, -0.15) is 0 Å². The molecule has 2 aromatic carbocycles. The first kappa shape index (κ1) is 17.6. The number of ether oxygens (including phenoxy) is 3. The summed E-state index contributed by atoms with van der Waals surface area (Å²) >= 11 is 3.45. The Morgan fingerprint density at radius 1 is 1.08 bits per heavy atom. The zero-order chi connectivity index (χ0) is 17.8. The first-order valence-corrected chi connectivity index (χ1v) is 8.85. The Hall–Kier alpha value is -2.21. The van der Waals surface area contributed by atoms with Crippen molar-refractivity contribution in [3.63, 3.8) is 0 Å². The normalized spacial score (nSPS) is 13.9. The van der Waals surface area contributed by atoms with Crippen LogP contribution in [-0.2, 0) is 11.4 Å². The first-order valence-electron chi connectivity index (χ1n) is 8.06. The molecule has 0 N–H and O–H groups in total. The fourth-order valence-corrected chi connectivity index (χ4v) is 3.33. The van der Waals surface area contributed by atoms with Crippen molar-refractivity contribution in [2.45, 2.75) is 19.4 Å². The van der Waals surface area contributed by atoms with E-state index in [1.807, 2.05) is 41.3 Å². The van der Waals surface area contributed by atoms with Crippen LogP contribution in [0, 0.1) is 0 Å². The third-order valence-electron chi connectivity index (χ3n) is 4.17. The molecular formula is C19H20BrNO4. The second-order valence-electron chi connectivity index (χ2n) is 5.73. The van der Waals surface area contributed by atoms with E-state index in [-0.39, 0.29) is 5.91 Å². The lowest BCUT2D eigenvalue weighted by Crippen LogP contribution is -2.23. The molecule has 6 heteroatoms. The average molecular weight is 406 g/mol. The summed E-state index contributed by atoms with van der Waals surface area (Å²) in [5.41, 5.74) is 1.80. The summed E-state index contributed by atoms with van der Waals surface area (Å²) in [6.45, 7) is 1.14. The highest BCUT2D eigenvalue weighted by Gasteiger charge is 2.21. The third-order valence-corrected chi connectivity index (χ3v) is 4.79. The molecule has 5 nitrogen and oxygen atoms in total. The number of carbonyl (C=O) groups is 1. The van der Waals surface area contributed by atoms with Crippen molar-refractivity contribution >= 4 is 27.5 Å². The molecule has 25 heavy (non-hydrogen) atoms. The van der Waals surface area contributed by atoms with Gasteiger partial charge in [0.2, 0.25) is 5.91 Å². The van der Waals surface area contributed by atoms with Gasteiger partial charge in [-0.25, -0.2) is 0 Å². The molecule has 1 saturated heterocycles. The van der Waals surface area contributed by atoms with Crippen LogP contribution in [0.5, 0.6) is 17.2 Å². The Morgan fingerprint density at radius 2 is 1.80 bits per heavy atom. The zero-order valence-corrected chi connectivity index (χ0v) is 15.8. The first-order chi connectivity index (χ1) is 12.1. The predicted octanol–water partition coefficient (Wildman–Crippen LogP) is 4.17. The van der Waals surface area contributed by atoms with Gasteiger partial charge in [0, 0.05) is 24.2 Å². The molecule has 0 bridgehead atoms. The number of hydrogen-bond acceptors (Lipinski definition) is 4. The third kappa shape index (κ3) is 3.90. The smallest absolute Gasteiger partial charge is 0.227 e. The molecule has 0 aliphatic carbocycles. The van der Waals surface area contributed by atoms with Crippen LogP contribution in [0.1, 0.15) is 18.4 Å². The standard InChI is InChI=1S/C19H20BrNO4/c1-23-17-11-16(20)18(24-2)10-13(17)12-25-15-7-5-14(6-8-15)21-9-3-4-19(21)22/h5-8,10-11H,3-4,9,12H2,1-2H3. The number of methoxy groups -OCH3 is 2. The summed E-state index contributed by atoms with van der Waals surface area (Å²) < 4.78 is 17.4. The van der Waals surface area contributed by atoms with Gasteiger partial charge in [-0.1, -0.05) is 0 Å². The Labute approximate surface area is 155 Å². The highest BCUT2D eigenvalue weighted by Crippen LogP contribution is 2.33. The summed E-state index contributed by atoms with van der Waals surface area (Å²) in [7, 11) is 3.25. The Bertz CT molecular complexity index is 761. The lowest BCUT2D eigenvalue weighted by atomic mass is 10.2. The maximum absolute atomic E-state index is 11.8. The second kappa shape index (κ2) is 7.78. The summed E-state index contributed by atoms with van der Waals surface area (Å²) in [5.74, 6) is 2.37. The minimum Gasteiger partial charge on any atom is -0.496 e. The van der Waals surface area contributed by atoms with Gasteiger partial charge in [0.15, 0.2) is 0 Å². The van der Waals surface area contributed by atoms with E-state index in [1.165, 1.54) is 0 Å². The van der Waals surface area contributed by atoms with E-state index in [2.05, 4.69) is 15.9 Å². The lowest BCUT2D eigenvalue weighted by Gasteiger charge is -2.16. The van der Waals surface area contributed by atoms with E-state index in [0.29, 0.717) is 13.0 Å². The van der Waals surface area contributed by atoms with Crippen LogP contribution in [0.4, 0.5) is 5.69 Å². The molecule has 0 saturated carbocycles. The van der Waals surface area contributed by atoms with Crippen LogP contribution in [-0.4, -0.2) is 26.7 Å². The molecule has 0 unspecified atom stereocenters. The van der Waals surface area contributed by atoms with Gasteiger partial charge in [-0.15, -0.1) is 0 Å². The van der Waals surface area contributed by atoms with Crippen LogP contribution >= 0.6 is 15.9 Å². The molecule has 1 aliphatic rings. The fourth-order valence-electron chi connectivity index (χ4n) is 2.84. The molecule has 0 atom stereocenters. The van der Waals surface area contributed by atoms with E-state index >= 15 is 0 Å². The lowest BCUT2D eigenvalue weighted by molar-refractivity contribution is -0.117. The van der Waals surface area contributed by atoms with Crippen LogP contribution in [0.2, 0.25) is 0 Å². The van der Waals surface area contributed by atoms with Crippen molar-refractivity contribution in [2.75, 3.05) is 25.7 Å². The summed E-state index contributed by atoms with van der Waals surface area (Å²) in [4.78, 5) is 13.6. The summed E-state index contributed by atoms with van der Waals surface area (Å²) in [6.07, 6.45) is 1.55. The highest BCUT2D eigenvalue weighted by atomic mass is 79.9. The molecule has 1 amide bonds. The van der Waals surface area contributed by atoms with E-state index in [4.69, 9.17) is 14.2 Å². The SMILES string of the molecule is COc1cc(COc2ccc(N3CCCC3=O)cc2)c(OC)cc1Br. The van der Waals surface area contributed by atoms with Crippen LogP contribution in [0.25, 0.3) is 0 Å². The quantitative estimate of drug-likeness (QED) is 0.723. The van der Waals surface area contributed by atoms with E-state index in [1.54, 1.807) is 14.2 Å². The van der Waals surface area contributed by atoms with Crippen molar-refractivity contribution in [1.82, 2.24) is 0 Å². The summed E-state index contributed by atoms with van der Waals surface area (Å²) in [6, 6.07) is 11.3. The molecule has 1 fully saturated rings. The Kier molecular flexibility index (Phi) is 5.48. The van der Waals surface area contributed by atoms with Gasteiger partial charge in [-0.3, -0.25) is 4.79 Å². The largest absolute Gasteiger partial charge is 0.496 e. The Morgan fingerprint density at radius 3 is 2.40 bits per heavy atom. The van der Waals surface area contributed by atoms with Gasteiger partial charge in [0.25, 0.3) is 0 Å². The monoisotopic (exact) mass is 405 g/mol. The number of anilines is 1. The minimum absolute atomic E-state index is 0.181. The molecule has 1 aliphatic heterocycles. The van der Waals surface area contributed by atoms with Crippen molar-refractivity contribution in [3.05, 3.63) is 46.4 Å². The van der Waals surface area contributed by atoms with Gasteiger partial charge in [0.05, 0.1) is 18.7 Å². The summed E-state index contributed by atoms with van der Waals surface area (Å²) in [5, 5.41) is 0. The molecule has 1 heterocycles. The van der Waals surface area contributed by atoms with Crippen molar-refractivity contribution < 1.29 is 19.0 Å². The number of nitrogens with zero attached hydrogens (tertiary/aromatic N) is 1. The number of amides is 1. The van der Waals surface area contributed by atoms with Gasteiger partial charge < -0.3 is 19.1 Å². The van der Waals surface area contributed by atoms with Crippen molar-refractivity contribution in [3.8, 4) is 17.2 Å². The van der Waals surface area contributed by atoms with Crippen LogP contribution in [0.3, 0.4) is 0 Å². The van der Waals surface area contributed by atoms with Crippen LogP contribution < -0.4 is 19.1 Å². The maximum atomic E-state index is 11.8. The number of hydrogen-bond donors (Lipinski definition) is 0.